The molecular weight excluding hydrogens is 275 g/mol. The lowest BCUT2D eigenvalue weighted by Crippen LogP contribution is -2.12. The molecule has 21 heavy (non-hydrogen) atoms. The number of methoxy groups -OCH3 is 1. The number of benzene rings is 1. The molecule has 0 spiro atoms. The van der Waals surface area contributed by atoms with Gasteiger partial charge in [-0.25, -0.2) is 4.98 Å². The molecule has 110 valence electrons. The van der Waals surface area contributed by atoms with E-state index >= 15 is 0 Å². The average Bonchev–Trinajstić information content (AvgIpc) is 2.49. The third-order valence-corrected chi connectivity index (χ3v) is 2.71. The Morgan fingerprint density at radius 2 is 2.10 bits per heavy atom. The van der Waals surface area contributed by atoms with Crippen molar-refractivity contribution in [3.63, 3.8) is 0 Å². The lowest BCUT2D eigenvalue weighted by Gasteiger charge is -2.11. The number of ether oxygens (including phenoxy) is 2. The van der Waals surface area contributed by atoms with Crippen molar-refractivity contribution in [1.29, 1.82) is 0 Å². The summed E-state index contributed by atoms with van der Waals surface area (Å²) < 4.78 is 23.3. The maximum atomic E-state index is 12.7. The molecule has 2 rings (SSSR count). The van der Waals surface area contributed by atoms with Gasteiger partial charge in [0, 0.05) is 18.0 Å². The van der Waals surface area contributed by atoms with Gasteiger partial charge in [-0.05, 0) is 31.2 Å². The molecule has 0 saturated heterocycles. The molecule has 1 amide bonds. The number of amides is 1. The van der Waals surface area contributed by atoms with Gasteiger partial charge in [-0.15, -0.1) is 0 Å². The van der Waals surface area contributed by atoms with Gasteiger partial charge in [0.25, 0.3) is 5.91 Å². The highest BCUT2D eigenvalue weighted by atomic mass is 19.1. The monoisotopic (exact) mass is 290 g/mol. The van der Waals surface area contributed by atoms with Crippen molar-refractivity contribution in [3.8, 4) is 11.5 Å². The van der Waals surface area contributed by atoms with E-state index < -0.39 is 5.95 Å². The van der Waals surface area contributed by atoms with Crippen LogP contribution in [0.5, 0.6) is 11.5 Å². The van der Waals surface area contributed by atoms with Gasteiger partial charge in [0.15, 0.2) is 11.5 Å². The summed E-state index contributed by atoms with van der Waals surface area (Å²) in [5.74, 6) is 0.108. The molecular formula is C15H15FN2O3. The van der Waals surface area contributed by atoms with Crippen molar-refractivity contribution in [3.05, 3.63) is 48.0 Å². The minimum absolute atomic E-state index is 0.268. The molecule has 0 atom stereocenters. The zero-order valence-electron chi connectivity index (χ0n) is 11.7. The Balaban J connectivity index is 2.15. The number of nitrogens with zero attached hydrogens (tertiary/aromatic N) is 1. The summed E-state index contributed by atoms with van der Waals surface area (Å²) in [7, 11) is 1.52. The largest absolute Gasteiger partial charge is 0.493 e. The summed E-state index contributed by atoms with van der Waals surface area (Å²) >= 11 is 0. The van der Waals surface area contributed by atoms with Crippen LogP contribution >= 0.6 is 0 Å². The predicted octanol–water partition coefficient (Wildman–Crippen LogP) is 2.88. The van der Waals surface area contributed by atoms with Gasteiger partial charge in [0.1, 0.15) is 0 Å². The van der Waals surface area contributed by atoms with Crippen LogP contribution in [0.3, 0.4) is 0 Å². The van der Waals surface area contributed by atoms with Crippen LogP contribution in [0.1, 0.15) is 17.3 Å². The standard InChI is InChI=1S/C15H15FN2O3/c1-3-21-12-6-5-11(8-13(12)20-2)18-15(19)10-4-7-14(16)17-9-10/h4-9H,3H2,1-2H3,(H,18,19). The second-order valence-electron chi connectivity index (χ2n) is 4.12. The van der Waals surface area contributed by atoms with E-state index in [1.54, 1.807) is 18.2 Å². The summed E-state index contributed by atoms with van der Waals surface area (Å²) in [6.07, 6.45) is 1.18. The van der Waals surface area contributed by atoms with Crippen LogP contribution < -0.4 is 14.8 Å². The quantitative estimate of drug-likeness (QED) is 0.860. The molecule has 2 aromatic rings. The molecule has 1 aromatic heterocycles. The minimum Gasteiger partial charge on any atom is -0.493 e. The minimum atomic E-state index is -0.630. The number of rotatable bonds is 5. The normalized spacial score (nSPS) is 10.0. The second kappa shape index (κ2) is 6.69. The molecule has 0 saturated carbocycles. The number of anilines is 1. The molecule has 0 unspecified atom stereocenters. The second-order valence-corrected chi connectivity index (χ2v) is 4.12. The van der Waals surface area contributed by atoms with Crippen LogP contribution in [0.25, 0.3) is 0 Å². The average molecular weight is 290 g/mol. The highest BCUT2D eigenvalue weighted by molar-refractivity contribution is 6.04. The summed E-state index contributed by atoms with van der Waals surface area (Å²) in [6, 6.07) is 7.56. The highest BCUT2D eigenvalue weighted by Gasteiger charge is 2.10. The fourth-order valence-electron chi connectivity index (χ4n) is 1.73. The van der Waals surface area contributed by atoms with E-state index in [9.17, 15) is 9.18 Å². The number of aromatic nitrogens is 1. The first kappa shape index (κ1) is 14.8. The third kappa shape index (κ3) is 3.68. The summed E-state index contributed by atoms with van der Waals surface area (Å²) in [6.45, 7) is 2.39. The molecule has 5 nitrogen and oxygen atoms in total. The SMILES string of the molecule is CCOc1ccc(NC(=O)c2ccc(F)nc2)cc1OC. The van der Waals surface area contributed by atoms with E-state index in [1.807, 2.05) is 6.92 Å². The smallest absolute Gasteiger partial charge is 0.257 e. The van der Waals surface area contributed by atoms with Crippen molar-refractivity contribution >= 4 is 11.6 Å². The van der Waals surface area contributed by atoms with Crippen molar-refractivity contribution in [2.75, 3.05) is 19.0 Å². The Morgan fingerprint density at radius 1 is 1.29 bits per heavy atom. The van der Waals surface area contributed by atoms with Crippen LogP contribution in [-0.2, 0) is 0 Å². The highest BCUT2D eigenvalue weighted by Crippen LogP contribution is 2.30. The maximum absolute atomic E-state index is 12.7. The Morgan fingerprint density at radius 3 is 2.71 bits per heavy atom. The number of carbonyl (C=O) groups is 1. The Hall–Kier alpha value is -2.63. The first-order valence-electron chi connectivity index (χ1n) is 6.37. The van der Waals surface area contributed by atoms with Gasteiger partial charge >= 0.3 is 0 Å². The Labute approximate surface area is 121 Å². The van der Waals surface area contributed by atoms with Crippen molar-refractivity contribution in [1.82, 2.24) is 4.98 Å². The summed E-state index contributed by atoms with van der Waals surface area (Å²) in [5, 5.41) is 2.68. The van der Waals surface area contributed by atoms with Gasteiger partial charge in [0.2, 0.25) is 5.95 Å². The molecule has 0 bridgehead atoms. The summed E-state index contributed by atoms with van der Waals surface area (Å²) in [5.41, 5.74) is 0.814. The topological polar surface area (TPSA) is 60.5 Å². The molecule has 0 aliphatic heterocycles. The van der Waals surface area contributed by atoms with E-state index in [4.69, 9.17) is 9.47 Å². The molecule has 0 aliphatic carbocycles. The first-order valence-corrected chi connectivity index (χ1v) is 6.37. The van der Waals surface area contributed by atoms with E-state index in [0.717, 1.165) is 6.07 Å². The molecule has 6 heteroatoms. The van der Waals surface area contributed by atoms with Crippen LogP contribution in [0.4, 0.5) is 10.1 Å². The van der Waals surface area contributed by atoms with Crippen molar-refractivity contribution in [2.24, 2.45) is 0 Å². The number of pyridine rings is 1. The van der Waals surface area contributed by atoms with Gasteiger partial charge in [-0.1, -0.05) is 0 Å². The van der Waals surface area contributed by atoms with Gasteiger partial charge < -0.3 is 14.8 Å². The van der Waals surface area contributed by atoms with Crippen LogP contribution in [0, 0.1) is 5.95 Å². The molecule has 1 aromatic carbocycles. The van der Waals surface area contributed by atoms with Crippen molar-refractivity contribution in [2.45, 2.75) is 6.92 Å². The first-order chi connectivity index (χ1) is 10.1. The van der Waals surface area contributed by atoms with Gasteiger partial charge in [-0.3, -0.25) is 4.79 Å². The zero-order chi connectivity index (χ0) is 15.2. The maximum Gasteiger partial charge on any atom is 0.257 e. The number of halogens is 1. The van der Waals surface area contributed by atoms with Crippen LogP contribution in [0.2, 0.25) is 0 Å². The Bertz CT molecular complexity index is 629. The fraction of sp³-hybridized carbons (Fsp3) is 0.200. The van der Waals surface area contributed by atoms with E-state index in [2.05, 4.69) is 10.3 Å². The molecule has 1 N–H and O–H groups in total. The Kier molecular flexibility index (Phi) is 4.71. The third-order valence-electron chi connectivity index (χ3n) is 2.71. The molecule has 0 aliphatic rings. The molecule has 0 radical (unpaired) electrons. The van der Waals surface area contributed by atoms with Crippen molar-refractivity contribution < 1.29 is 18.7 Å². The van der Waals surface area contributed by atoms with E-state index in [1.165, 1.54) is 19.4 Å². The van der Waals surface area contributed by atoms with Crippen LogP contribution in [-0.4, -0.2) is 24.6 Å². The summed E-state index contributed by atoms with van der Waals surface area (Å²) in [4.78, 5) is 15.4. The lowest BCUT2D eigenvalue weighted by molar-refractivity contribution is 0.102. The van der Waals surface area contributed by atoms with Gasteiger partial charge in [-0.2, -0.15) is 4.39 Å². The number of nitrogens with one attached hydrogen (secondary N) is 1. The van der Waals surface area contributed by atoms with E-state index in [-0.39, 0.29) is 11.5 Å². The van der Waals surface area contributed by atoms with E-state index in [0.29, 0.717) is 23.8 Å². The zero-order valence-corrected chi connectivity index (χ0v) is 11.7. The molecule has 1 heterocycles. The predicted molar refractivity (Wildman–Crippen MR) is 76.3 cm³/mol. The van der Waals surface area contributed by atoms with Crippen LogP contribution in [0.15, 0.2) is 36.5 Å². The number of carbonyl (C=O) groups excluding carboxylic acids is 1. The number of hydrogen-bond acceptors (Lipinski definition) is 4. The lowest BCUT2D eigenvalue weighted by atomic mass is 10.2. The number of hydrogen-bond donors (Lipinski definition) is 1. The fourth-order valence-corrected chi connectivity index (χ4v) is 1.73. The van der Waals surface area contributed by atoms with Gasteiger partial charge in [0.05, 0.1) is 19.3 Å². The molecule has 0 fully saturated rings.